The number of rotatable bonds is 12. The van der Waals surface area contributed by atoms with Gasteiger partial charge in [-0.1, -0.05) is 53.4 Å². The lowest BCUT2D eigenvalue weighted by molar-refractivity contribution is -0.696. The van der Waals surface area contributed by atoms with Crippen molar-refractivity contribution in [2.75, 3.05) is 0 Å². The summed E-state index contributed by atoms with van der Waals surface area (Å²) >= 11 is 0. The normalized spacial score (nSPS) is 9.27. The van der Waals surface area contributed by atoms with Gasteiger partial charge in [-0.25, -0.2) is 36.5 Å². The molecule has 0 saturated heterocycles. The van der Waals surface area contributed by atoms with Gasteiger partial charge in [0.2, 0.25) is 25.3 Å². The maximum atomic E-state index is 2.21. The van der Waals surface area contributed by atoms with E-state index in [-0.39, 0.29) is 49.6 Å². The Hall–Kier alpha value is -2.00. The first-order valence-electron chi connectivity index (χ1n) is 15.3. The van der Waals surface area contributed by atoms with Crippen LogP contribution in [0.1, 0.15) is 79.1 Å². The van der Waals surface area contributed by atoms with Crippen molar-refractivity contribution >= 4 is 0 Å². The molecule has 4 aromatic rings. The fourth-order valence-corrected chi connectivity index (χ4v) is 3.90. The Morgan fingerprint density at radius 3 is 0.659 bits per heavy atom. The second kappa shape index (κ2) is 31.0. The smallest absolute Gasteiger partial charge is 0.243 e. The van der Waals surface area contributed by atoms with Crippen LogP contribution < -0.4 is 67.9 Å². The van der Waals surface area contributed by atoms with E-state index in [4.69, 9.17) is 0 Å². The molecule has 12 heteroatoms. The minimum absolute atomic E-state index is 0. The van der Waals surface area contributed by atoms with E-state index >= 15 is 0 Å². The molecule has 0 radical (unpaired) electrons. The van der Waals surface area contributed by atoms with Crippen molar-refractivity contribution in [3.05, 3.63) is 74.9 Å². The minimum atomic E-state index is 0. The van der Waals surface area contributed by atoms with E-state index in [1.54, 1.807) is 0 Å². The van der Waals surface area contributed by atoms with Crippen LogP contribution >= 0.6 is 0 Å². The number of nitrogens with zero attached hydrogens (tertiary/aromatic N) is 8. The number of imidazole rings is 4. The van der Waals surface area contributed by atoms with Crippen molar-refractivity contribution in [1.82, 2.24) is 18.3 Å². The van der Waals surface area contributed by atoms with E-state index in [1.165, 1.54) is 51.4 Å². The maximum absolute atomic E-state index is 2.21. The predicted octanol–water partition coefficient (Wildman–Crippen LogP) is -7.53. The molecule has 0 atom stereocenters. The number of hydrogen-bond acceptors (Lipinski definition) is 0. The summed E-state index contributed by atoms with van der Waals surface area (Å²) in [5, 5.41) is 0. The zero-order valence-electron chi connectivity index (χ0n) is 28.5. The molecule has 0 unspecified atom stereocenters. The Labute approximate surface area is 293 Å². The molecular formula is C32H60Cl4N8. The molecule has 0 amide bonds. The van der Waals surface area contributed by atoms with Gasteiger partial charge in [0, 0.05) is 0 Å². The van der Waals surface area contributed by atoms with Crippen LogP contribution in [-0.2, 0) is 54.4 Å². The molecule has 4 rings (SSSR count). The lowest BCUT2D eigenvalue weighted by Crippen LogP contribution is -3.00. The van der Waals surface area contributed by atoms with Gasteiger partial charge in [0.25, 0.3) is 0 Å². The summed E-state index contributed by atoms with van der Waals surface area (Å²) in [4.78, 5) is 0. The number of unbranched alkanes of at least 4 members (excludes halogenated alkanes) is 4. The van der Waals surface area contributed by atoms with Crippen molar-refractivity contribution in [3.8, 4) is 0 Å². The van der Waals surface area contributed by atoms with Crippen LogP contribution in [0.5, 0.6) is 0 Å². The SMILES string of the molecule is CCCC[n+]1ccn(C)c1.CCCC[n+]1ccn(C)c1.CCCC[n+]1ccn(C)c1.CCCC[n+]1ccn(C)c1.[Cl-].[Cl-].[Cl-].[Cl-]. The molecule has 0 aliphatic carbocycles. The van der Waals surface area contributed by atoms with Crippen molar-refractivity contribution in [2.45, 2.75) is 105 Å². The highest BCUT2D eigenvalue weighted by molar-refractivity contribution is 4.63. The van der Waals surface area contributed by atoms with E-state index in [2.05, 4.69) is 139 Å². The van der Waals surface area contributed by atoms with Crippen LogP contribution in [0.4, 0.5) is 0 Å². The molecule has 4 aromatic heterocycles. The first-order valence-corrected chi connectivity index (χ1v) is 15.3. The average Bonchev–Trinajstić information content (AvgIpc) is 3.75. The van der Waals surface area contributed by atoms with E-state index in [0.717, 1.165) is 26.2 Å². The highest BCUT2D eigenvalue weighted by Gasteiger charge is 1.99. The third-order valence-electron chi connectivity index (χ3n) is 6.37. The van der Waals surface area contributed by atoms with E-state index < -0.39 is 0 Å². The lowest BCUT2D eigenvalue weighted by Gasteiger charge is -1.90. The Bertz CT molecular complexity index is 960. The van der Waals surface area contributed by atoms with E-state index in [9.17, 15) is 0 Å². The van der Waals surface area contributed by atoms with Gasteiger partial charge in [-0.2, -0.15) is 0 Å². The molecule has 0 N–H and O–H groups in total. The molecule has 8 nitrogen and oxygen atoms in total. The first kappa shape index (κ1) is 48.9. The first-order chi connectivity index (χ1) is 19.3. The summed E-state index contributed by atoms with van der Waals surface area (Å²) in [5.41, 5.74) is 0. The van der Waals surface area contributed by atoms with Gasteiger partial charge >= 0.3 is 0 Å². The molecule has 0 aromatic carbocycles. The second-order valence-electron chi connectivity index (χ2n) is 10.7. The fraction of sp³-hybridized carbons (Fsp3) is 0.625. The standard InChI is InChI=1S/4C8H15N2.4ClH/c4*1-3-4-5-10-7-6-9(2)8-10;;;;/h4*6-8H,3-5H2,1-2H3;4*1H/q4*+1;;;;/p-4. The zero-order chi connectivity index (χ0) is 29.6. The van der Waals surface area contributed by atoms with Crippen molar-refractivity contribution in [3.63, 3.8) is 0 Å². The number of halogens is 4. The van der Waals surface area contributed by atoms with Gasteiger partial charge in [0.05, 0.1) is 54.4 Å². The molecule has 4 heterocycles. The largest absolute Gasteiger partial charge is 1.00 e. The third kappa shape index (κ3) is 24.3. The van der Waals surface area contributed by atoms with Crippen LogP contribution in [0.25, 0.3) is 0 Å². The molecule has 0 saturated carbocycles. The van der Waals surface area contributed by atoms with Crippen LogP contribution in [0, 0.1) is 0 Å². The highest BCUT2D eigenvalue weighted by atomic mass is 35.5. The van der Waals surface area contributed by atoms with Crippen molar-refractivity contribution in [1.29, 1.82) is 0 Å². The van der Waals surface area contributed by atoms with Gasteiger partial charge in [-0.15, -0.1) is 0 Å². The molecule has 0 spiro atoms. The summed E-state index contributed by atoms with van der Waals surface area (Å²) in [5.74, 6) is 0. The maximum Gasteiger partial charge on any atom is 0.243 e. The van der Waals surface area contributed by atoms with Crippen LogP contribution in [0.2, 0.25) is 0 Å². The Morgan fingerprint density at radius 1 is 0.364 bits per heavy atom. The zero-order valence-corrected chi connectivity index (χ0v) is 31.5. The minimum Gasteiger partial charge on any atom is -1.00 e. The van der Waals surface area contributed by atoms with Crippen LogP contribution in [0.15, 0.2) is 74.9 Å². The molecule has 0 aliphatic heterocycles. The molecule has 0 bridgehead atoms. The number of aryl methyl sites for hydroxylation is 8. The van der Waals surface area contributed by atoms with Gasteiger partial charge in [-0.05, 0) is 25.7 Å². The van der Waals surface area contributed by atoms with E-state index in [1.807, 2.05) is 28.2 Å². The lowest BCUT2D eigenvalue weighted by atomic mass is 10.3. The Morgan fingerprint density at radius 2 is 0.545 bits per heavy atom. The van der Waals surface area contributed by atoms with Gasteiger partial charge in [0.15, 0.2) is 0 Å². The highest BCUT2D eigenvalue weighted by Crippen LogP contribution is 1.88. The van der Waals surface area contributed by atoms with Crippen LogP contribution in [-0.4, -0.2) is 18.3 Å². The Kier molecular flexibility index (Phi) is 34.4. The molecule has 256 valence electrons. The molecular weight excluding hydrogens is 638 g/mol. The topological polar surface area (TPSA) is 35.2 Å². The van der Waals surface area contributed by atoms with Gasteiger partial charge in [0.1, 0.15) is 49.6 Å². The molecule has 44 heavy (non-hydrogen) atoms. The summed E-state index contributed by atoms with van der Waals surface area (Å²) in [6.07, 6.45) is 35.3. The van der Waals surface area contributed by atoms with E-state index in [0.29, 0.717) is 0 Å². The predicted molar refractivity (Wildman–Crippen MR) is 162 cm³/mol. The number of hydrogen-bond donors (Lipinski definition) is 0. The summed E-state index contributed by atoms with van der Waals surface area (Å²) < 4.78 is 17.1. The Balaban J connectivity index is -0.000000235. The second-order valence-corrected chi connectivity index (χ2v) is 10.7. The monoisotopic (exact) mass is 696 g/mol. The third-order valence-corrected chi connectivity index (χ3v) is 6.37. The average molecular weight is 699 g/mol. The fourth-order valence-electron chi connectivity index (χ4n) is 3.90. The summed E-state index contributed by atoms with van der Waals surface area (Å²) in [6.45, 7) is 13.4. The number of aromatic nitrogens is 8. The van der Waals surface area contributed by atoms with Gasteiger partial charge < -0.3 is 49.6 Å². The summed E-state index contributed by atoms with van der Waals surface area (Å²) in [6, 6.07) is 0. The van der Waals surface area contributed by atoms with Crippen LogP contribution in [0.3, 0.4) is 0 Å². The van der Waals surface area contributed by atoms with Gasteiger partial charge in [-0.3, -0.25) is 0 Å². The van der Waals surface area contributed by atoms with Crippen molar-refractivity contribution in [2.24, 2.45) is 28.2 Å². The quantitative estimate of drug-likeness (QED) is 0.132. The van der Waals surface area contributed by atoms with Crippen molar-refractivity contribution < 1.29 is 67.9 Å². The molecule has 0 aliphatic rings. The molecule has 0 fully saturated rings. The summed E-state index contributed by atoms with van der Waals surface area (Å²) in [7, 11) is 8.18.